The number of hydrogen-bond donors (Lipinski definition) is 1. The van der Waals surface area contributed by atoms with Crippen LogP contribution in [0.4, 0.5) is 0 Å². The molecule has 1 unspecified atom stereocenters. The Hall–Kier alpha value is -1.25. The summed E-state index contributed by atoms with van der Waals surface area (Å²) in [6, 6.07) is 9.30. The highest BCUT2D eigenvalue weighted by Gasteiger charge is 2.14. The van der Waals surface area contributed by atoms with Gasteiger partial charge in [-0.05, 0) is 49.2 Å². The van der Waals surface area contributed by atoms with Gasteiger partial charge in [0.25, 0.3) is 0 Å². The van der Waals surface area contributed by atoms with E-state index in [0.29, 0.717) is 0 Å². The van der Waals surface area contributed by atoms with Gasteiger partial charge in [-0.25, -0.2) is 0 Å². The van der Waals surface area contributed by atoms with E-state index in [9.17, 15) is 0 Å². The SMILES string of the molecule is Cc1ccc(C(N)c2ccc(Cl)cc2C)o1. The molecule has 0 spiro atoms. The first-order valence-electron chi connectivity index (χ1n) is 5.16. The second-order valence-corrected chi connectivity index (χ2v) is 4.36. The third-order valence-corrected chi connectivity index (χ3v) is 2.87. The Balaban J connectivity index is 2.37. The van der Waals surface area contributed by atoms with E-state index >= 15 is 0 Å². The highest BCUT2D eigenvalue weighted by Crippen LogP contribution is 2.26. The zero-order valence-corrected chi connectivity index (χ0v) is 10.1. The molecule has 0 aliphatic heterocycles. The van der Waals surface area contributed by atoms with Crippen molar-refractivity contribution in [1.82, 2.24) is 0 Å². The Morgan fingerprint density at radius 3 is 2.50 bits per heavy atom. The van der Waals surface area contributed by atoms with Crippen LogP contribution in [-0.2, 0) is 0 Å². The average molecular weight is 236 g/mol. The Kier molecular flexibility index (Phi) is 3.03. The van der Waals surface area contributed by atoms with Crippen LogP contribution in [0, 0.1) is 13.8 Å². The zero-order valence-electron chi connectivity index (χ0n) is 9.33. The van der Waals surface area contributed by atoms with E-state index in [2.05, 4.69) is 0 Å². The predicted octanol–water partition coefficient (Wildman–Crippen LogP) is 3.60. The largest absolute Gasteiger partial charge is 0.464 e. The van der Waals surface area contributed by atoms with Crippen molar-refractivity contribution >= 4 is 11.6 Å². The summed E-state index contributed by atoms with van der Waals surface area (Å²) in [6.45, 7) is 3.90. The van der Waals surface area contributed by atoms with Crippen LogP contribution in [0.1, 0.15) is 28.7 Å². The molecule has 0 radical (unpaired) electrons. The molecule has 0 saturated carbocycles. The molecule has 3 heteroatoms. The summed E-state index contributed by atoms with van der Waals surface area (Å²) in [7, 11) is 0. The molecule has 1 heterocycles. The van der Waals surface area contributed by atoms with Gasteiger partial charge in [0, 0.05) is 5.02 Å². The molecule has 0 fully saturated rings. The van der Waals surface area contributed by atoms with Gasteiger partial charge in [0.2, 0.25) is 0 Å². The van der Waals surface area contributed by atoms with Gasteiger partial charge in [0.05, 0.1) is 6.04 Å². The van der Waals surface area contributed by atoms with E-state index in [0.717, 1.165) is 27.7 Å². The molecule has 16 heavy (non-hydrogen) atoms. The fourth-order valence-electron chi connectivity index (χ4n) is 1.76. The van der Waals surface area contributed by atoms with Crippen LogP contribution in [0.3, 0.4) is 0 Å². The fraction of sp³-hybridized carbons (Fsp3) is 0.231. The molecule has 0 saturated heterocycles. The second kappa shape index (κ2) is 4.32. The first-order valence-corrected chi connectivity index (χ1v) is 5.53. The molecule has 1 aromatic heterocycles. The number of hydrogen-bond acceptors (Lipinski definition) is 2. The maximum Gasteiger partial charge on any atom is 0.125 e. The van der Waals surface area contributed by atoms with Crippen LogP contribution in [-0.4, -0.2) is 0 Å². The van der Waals surface area contributed by atoms with E-state index < -0.39 is 0 Å². The van der Waals surface area contributed by atoms with E-state index in [-0.39, 0.29) is 6.04 Å². The lowest BCUT2D eigenvalue weighted by atomic mass is 10.0. The first kappa shape index (κ1) is 11.2. The van der Waals surface area contributed by atoms with Crippen molar-refractivity contribution in [3.8, 4) is 0 Å². The lowest BCUT2D eigenvalue weighted by molar-refractivity contribution is 0.466. The highest BCUT2D eigenvalue weighted by molar-refractivity contribution is 6.30. The van der Waals surface area contributed by atoms with Crippen molar-refractivity contribution < 1.29 is 4.42 Å². The Labute approximate surface area is 100 Å². The molecule has 2 rings (SSSR count). The normalized spacial score (nSPS) is 12.8. The van der Waals surface area contributed by atoms with Gasteiger partial charge >= 0.3 is 0 Å². The lowest BCUT2D eigenvalue weighted by Crippen LogP contribution is -2.12. The zero-order chi connectivity index (χ0) is 11.7. The summed E-state index contributed by atoms with van der Waals surface area (Å²) in [6.07, 6.45) is 0. The standard InChI is InChI=1S/C13H14ClNO/c1-8-7-10(14)4-5-11(8)13(15)12-6-3-9(2)16-12/h3-7,13H,15H2,1-2H3. The third kappa shape index (κ3) is 2.13. The van der Waals surface area contributed by atoms with Crippen molar-refractivity contribution in [3.05, 3.63) is 58.0 Å². The predicted molar refractivity (Wildman–Crippen MR) is 65.7 cm³/mol. The number of nitrogens with two attached hydrogens (primary N) is 1. The minimum atomic E-state index is -0.231. The van der Waals surface area contributed by atoms with Gasteiger partial charge in [-0.1, -0.05) is 17.7 Å². The van der Waals surface area contributed by atoms with Crippen LogP contribution >= 0.6 is 11.6 Å². The number of benzene rings is 1. The Bertz CT molecular complexity index is 504. The van der Waals surface area contributed by atoms with E-state index in [1.54, 1.807) is 0 Å². The van der Waals surface area contributed by atoms with Crippen molar-refractivity contribution in [1.29, 1.82) is 0 Å². The molecule has 2 aromatic rings. The number of halogens is 1. The van der Waals surface area contributed by atoms with Crippen LogP contribution in [0.2, 0.25) is 5.02 Å². The molecule has 0 aliphatic rings. The van der Waals surface area contributed by atoms with Crippen LogP contribution in [0.5, 0.6) is 0 Å². The van der Waals surface area contributed by atoms with Gasteiger partial charge in [0.1, 0.15) is 11.5 Å². The summed E-state index contributed by atoms with van der Waals surface area (Å²) in [4.78, 5) is 0. The third-order valence-electron chi connectivity index (χ3n) is 2.63. The number of furan rings is 1. The van der Waals surface area contributed by atoms with Crippen LogP contribution in [0.15, 0.2) is 34.7 Å². The first-order chi connectivity index (χ1) is 7.58. The quantitative estimate of drug-likeness (QED) is 0.864. The minimum Gasteiger partial charge on any atom is -0.464 e. The summed E-state index contributed by atoms with van der Waals surface area (Å²) >= 11 is 5.91. The molecule has 84 valence electrons. The number of aryl methyl sites for hydroxylation is 2. The average Bonchev–Trinajstić information content (AvgIpc) is 2.64. The maximum atomic E-state index is 6.14. The number of rotatable bonds is 2. The van der Waals surface area contributed by atoms with Crippen molar-refractivity contribution in [3.63, 3.8) is 0 Å². The molecule has 2 N–H and O–H groups in total. The van der Waals surface area contributed by atoms with Gasteiger partial charge in [0.15, 0.2) is 0 Å². The van der Waals surface area contributed by atoms with Gasteiger partial charge in [-0.3, -0.25) is 0 Å². The van der Waals surface area contributed by atoms with Crippen molar-refractivity contribution in [2.24, 2.45) is 5.73 Å². The smallest absolute Gasteiger partial charge is 0.125 e. The topological polar surface area (TPSA) is 39.2 Å². The minimum absolute atomic E-state index is 0.231. The maximum absolute atomic E-state index is 6.14. The van der Waals surface area contributed by atoms with E-state index in [4.69, 9.17) is 21.8 Å². The van der Waals surface area contributed by atoms with Gasteiger partial charge in [-0.2, -0.15) is 0 Å². The Morgan fingerprint density at radius 2 is 1.94 bits per heavy atom. The van der Waals surface area contributed by atoms with Crippen LogP contribution in [0.25, 0.3) is 0 Å². The summed E-state index contributed by atoms with van der Waals surface area (Å²) in [5, 5.41) is 0.726. The molecule has 0 aliphatic carbocycles. The molecule has 0 amide bonds. The Morgan fingerprint density at radius 1 is 1.19 bits per heavy atom. The van der Waals surface area contributed by atoms with Crippen molar-refractivity contribution in [2.75, 3.05) is 0 Å². The molecule has 0 bridgehead atoms. The molecular weight excluding hydrogens is 222 g/mol. The summed E-state index contributed by atoms with van der Waals surface area (Å²) < 4.78 is 5.53. The van der Waals surface area contributed by atoms with Crippen molar-refractivity contribution in [2.45, 2.75) is 19.9 Å². The molecule has 1 aromatic carbocycles. The van der Waals surface area contributed by atoms with Crippen LogP contribution < -0.4 is 5.73 Å². The second-order valence-electron chi connectivity index (χ2n) is 3.93. The molecule has 2 nitrogen and oxygen atoms in total. The molecular formula is C13H14ClNO. The highest BCUT2D eigenvalue weighted by atomic mass is 35.5. The monoisotopic (exact) mass is 235 g/mol. The van der Waals surface area contributed by atoms with Gasteiger partial charge in [-0.15, -0.1) is 0 Å². The van der Waals surface area contributed by atoms with E-state index in [1.165, 1.54) is 0 Å². The molecule has 1 atom stereocenters. The fourth-order valence-corrected chi connectivity index (χ4v) is 1.99. The lowest BCUT2D eigenvalue weighted by Gasteiger charge is -2.12. The summed E-state index contributed by atoms with van der Waals surface area (Å²) in [5.41, 5.74) is 8.26. The summed E-state index contributed by atoms with van der Waals surface area (Å²) in [5.74, 6) is 1.65. The van der Waals surface area contributed by atoms with E-state index in [1.807, 2.05) is 44.2 Å². The van der Waals surface area contributed by atoms with Gasteiger partial charge < -0.3 is 10.2 Å².